The zero-order valence-corrected chi connectivity index (χ0v) is 14.3. The van der Waals surface area contributed by atoms with Crippen molar-refractivity contribution in [1.82, 2.24) is 4.98 Å². The zero-order valence-electron chi connectivity index (χ0n) is 13.5. The van der Waals surface area contributed by atoms with Crippen LogP contribution < -0.4 is 9.64 Å². The molecule has 0 saturated carbocycles. The van der Waals surface area contributed by atoms with E-state index in [1.807, 2.05) is 24.3 Å². The summed E-state index contributed by atoms with van der Waals surface area (Å²) in [5.74, 6) is 0.151. The molecule has 0 fully saturated rings. The van der Waals surface area contributed by atoms with Gasteiger partial charge in [-0.2, -0.15) is 0 Å². The van der Waals surface area contributed by atoms with Gasteiger partial charge in [0.25, 0.3) is 0 Å². The highest BCUT2D eigenvalue weighted by Gasteiger charge is 2.31. The number of esters is 1. The number of para-hydroxylation sites is 1. The number of anilines is 1. The van der Waals surface area contributed by atoms with Gasteiger partial charge in [-0.3, -0.25) is 14.5 Å². The lowest BCUT2D eigenvalue weighted by Gasteiger charge is -2.27. The maximum Gasteiger partial charge on any atom is 0.311 e. The minimum Gasteiger partial charge on any atom is -0.493 e. The number of methoxy groups -OCH3 is 1. The monoisotopic (exact) mass is 346 g/mol. The lowest BCUT2D eigenvalue weighted by atomic mass is 9.92. The first-order valence-electron chi connectivity index (χ1n) is 7.60. The predicted octanol–water partition coefficient (Wildman–Crippen LogP) is 2.39. The van der Waals surface area contributed by atoms with Crippen molar-refractivity contribution in [2.75, 3.05) is 25.7 Å². The summed E-state index contributed by atoms with van der Waals surface area (Å²) < 4.78 is 10.3. The molecule has 1 aliphatic heterocycles. The maximum atomic E-state index is 12.9. The van der Waals surface area contributed by atoms with E-state index >= 15 is 0 Å². The van der Waals surface area contributed by atoms with Crippen LogP contribution in [-0.4, -0.2) is 37.6 Å². The number of likely N-dealkylation sites (N-methyl/N-ethyl adjacent to an activating group) is 1. The van der Waals surface area contributed by atoms with Crippen molar-refractivity contribution in [1.29, 1.82) is 0 Å². The number of nitrogens with zero attached hydrogens (tertiary/aromatic N) is 2. The second-order valence-electron chi connectivity index (χ2n) is 5.50. The molecular weight excluding hydrogens is 328 g/mol. The molecule has 1 amide bonds. The molecule has 0 N–H and O–H groups in total. The van der Waals surface area contributed by atoms with Crippen LogP contribution in [0.4, 0.5) is 5.13 Å². The summed E-state index contributed by atoms with van der Waals surface area (Å²) >= 11 is 1.34. The van der Waals surface area contributed by atoms with Crippen molar-refractivity contribution in [2.45, 2.75) is 18.8 Å². The Balaban J connectivity index is 1.77. The van der Waals surface area contributed by atoms with Crippen LogP contribution in [0, 0.1) is 0 Å². The topological polar surface area (TPSA) is 68.7 Å². The Morgan fingerprint density at radius 2 is 2.21 bits per heavy atom. The third kappa shape index (κ3) is 3.26. The number of aromatic nitrogens is 1. The Kier molecular flexibility index (Phi) is 4.80. The maximum absolute atomic E-state index is 12.9. The second kappa shape index (κ2) is 7.00. The van der Waals surface area contributed by atoms with Gasteiger partial charge in [0.2, 0.25) is 5.91 Å². The molecule has 7 heteroatoms. The number of carbonyl (C=O) groups is 2. The Morgan fingerprint density at radius 1 is 1.42 bits per heavy atom. The summed E-state index contributed by atoms with van der Waals surface area (Å²) in [7, 11) is 3.05. The smallest absolute Gasteiger partial charge is 0.311 e. The first kappa shape index (κ1) is 16.4. The molecule has 1 aliphatic rings. The molecule has 2 aromatic rings. The van der Waals surface area contributed by atoms with E-state index in [9.17, 15) is 9.59 Å². The van der Waals surface area contributed by atoms with E-state index < -0.39 is 0 Å². The van der Waals surface area contributed by atoms with E-state index in [1.54, 1.807) is 17.3 Å². The molecule has 0 spiro atoms. The van der Waals surface area contributed by atoms with Crippen molar-refractivity contribution in [3.63, 3.8) is 0 Å². The third-order valence-corrected chi connectivity index (χ3v) is 4.93. The van der Waals surface area contributed by atoms with E-state index in [2.05, 4.69) is 9.72 Å². The van der Waals surface area contributed by atoms with Crippen molar-refractivity contribution in [2.24, 2.45) is 0 Å². The van der Waals surface area contributed by atoms with E-state index in [-0.39, 0.29) is 24.2 Å². The Morgan fingerprint density at radius 3 is 3.00 bits per heavy atom. The number of thiazole rings is 1. The number of amides is 1. The average molecular weight is 346 g/mol. The van der Waals surface area contributed by atoms with Gasteiger partial charge in [-0.15, -0.1) is 11.3 Å². The van der Waals surface area contributed by atoms with Gasteiger partial charge in [0, 0.05) is 18.0 Å². The molecule has 2 heterocycles. The number of carbonyl (C=O) groups excluding carboxylic acids is 2. The predicted molar refractivity (Wildman–Crippen MR) is 90.5 cm³/mol. The molecule has 6 nitrogen and oxygen atoms in total. The van der Waals surface area contributed by atoms with Crippen LogP contribution >= 0.6 is 11.3 Å². The zero-order chi connectivity index (χ0) is 17.1. The number of benzene rings is 1. The average Bonchev–Trinajstić information content (AvgIpc) is 3.08. The van der Waals surface area contributed by atoms with Gasteiger partial charge < -0.3 is 9.47 Å². The first-order chi connectivity index (χ1) is 11.6. The number of ether oxygens (including phenoxy) is 2. The standard InChI is InChI=1S/C17H18N2O4S/c1-19(17-18-11(10-24-17)9-15(20)22-2)16(21)13-7-8-23-14-6-4-3-5-12(13)14/h3-6,10,13H,7-9H2,1-2H3. The Hall–Kier alpha value is -2.41. The van der Waals surface area contributed by atoms with Gasteiger partial charge >= 0.3 is 5.97 Å². The van der Waals surface area contributed by atoms with Crippen molar-refractivity contribution in [3.05, 3.63) is 40.9 Å². The van der Waals surface area contributed by atoms with Crippen LogP contribution in [0.15, 0.2) is 29.6 Å². The highest BCUT2D eigenvalue weighted by Crippen LogP contribution is 2.35. The molecule has 0 radical (unpaired) electrons. The molecule has 0 bridgehead atoms. The van der Waals surface area contributed by atoms with Crippen LogP contribution in [0.25, 0.3) is 0 Å². The highest BCUT2D eigenvalue weighted by molar-refractivity contribution is 7.14. The molecule has 3 rings (SSSR count). The van der Waals surface area contributed by atoms with Gasteiger partial charge in [0.1, 0.15) is 5.75 Å². The molecule has 1 atom stereocenters. The first-order valence-corrected chi connectivity index (χ1v) is 8.48. The third-order valence-electron chi connectivity index (χ3n) is 3.97. The van der Waals surface area contributed by atoms with Crippen LogP contribution in [0.5, 0.6) is 5.75 Å². The summed E-state index contributed by atoms with van der Waals surface area (Å²) in [4.78, 5) is 30.1. The summed E-state index contributed by atoms with van der Waals surface area (Å²) in [5.41, 5.74) is 1.51. The summed E-state index contributed by atoms with van der Waals surface area (Å²) in [5, 5.41) is 2.34. The Labute approximate surface area is 144 Å². The lowest BCUT2D eigenvalue weighted by Crippen LogP contribution is -2.34. The van der Waals surface area contributed by atoms with Gasteiger partial charge in [-0.05, 0) is 12.5 Å². The Bertz CT molecular complexity index is 759. The molecule has 0 aliphatic carbocycles. The van der Waals surface area contributed by atoms with Crippen LogP contribution in [0.1, 0.15) is 23.6 Å². The molecule has 24 heavy (non-hydrogen) atoms. The van der Waals surface area contributed by atoms with Crippen LogP contribution in [0.3, 0.4) is 0 Å². The molecule has 1 aromatic heterocycles. The number of hydrogen-bond donors (Lipinski definition) is 0. The SMILES string of the molecule is COC(=O)Cc1csc(N(C)C(=O)C2CCOc3ccccc32)n1. The van der Waals surface area contributed by atoms with Gasteiger partial charge in [-0.1, -0.05) is 18.2 Å². The number of fused-ring (bicyclic) bond motifs is 1. The van der Waals surface area contributed by atoms with Crippen molar-refractivity contribution < 1.29 is 19.1 Å². The highest BCUT2D eigenvalue weighted by atomic mass is 32.1. The second-order valence-corrected chi connectivity index (χ2v) is 6.34. The lowest BCUT2D eigenvalue weighted by molar-refractivity contribution is -0.139. The van der Waals surface area contributed by atoms with E-state index in [4.69, 9.17) is 4.74 Å². The van der Waals surface area contributed by atoms with Gasteiger partial charge in [0.05, 0.1) is 31.7 Å². The summed E-state index contributed by atoms with van der Waals surface area (Å²) in [6, 6.07) is 7.61. The van der Waals surface area contributed by atoms with Gasteiger partial charge in [0.15, 0.2) is 5.13 Å². The fourth-order valence-electron chi connectivity index (χ4n) is 2.68. The molecule has 1 aromatic carbocycles. The minimum absolute atomic E-state index is 0.0234. The van der Waals surface area contributed by atoms with Crippen molar-refractivity contribution in [3.8, 4) is 5.75 Å². The minimum atomic E-state index is -0.348. The molecule has 1 unspecified atom stereocenters. The number of rotatable bonds is 4. The number of hydrogen-bond acceptors (Lipinski definition) is 6. The van der Waals surface area contributed by atoms with E-state index in [1.165, 1.54) is 18.4 Å². The fraction of sp³-hybridized carbons (Fsp3) is 0.353. The van der Waals surface area contributed by atoms with Crippen molar-refractivity contribution >= 4 is 28.3 Å². The van der Waals surface area contributed by atoms with Crippen LogP contribution in [-0.2, 0) is 20.7 Å². The summed E-state index contributed by atoms with van der Waals surface area (Å²) in [6.07, 6.45) is 0.746. The molecule has 0 saturated heterocycles. The molecular formula is C17H18N2O4S. The normalized spacial score (nSPS) is 16.0. The van der Waals surface area contributed by atoms with Crippen LogP contribution in [0.2, 0.25) is 0 Å². The quantitative estimate of drug-likeness (QED) is 0.795. The van der Waals surface area contributed by atoms with E-state index in [0.29, 0.717) is 23.9 Å². The van der Waals surface area contributed by atoms with Gasteiger partial charge in [-0.25, -0.2) is 4.98 Å². The largest absolute Gasteiger partial charge is 0.493 e. The molecule has 126 valence electrons. The fourth-order valence-corrected chi connectivity index (χ4v) is 3.47. The van der Waals surface area contributed by atoms with E-state index in [0.717, 1.165) is 11.3 Å². The summed E-state index contributed by atoms with van der Waals surface area (Å²) in [6.45, 7) is 0.521.